The molecular weight excluding hydrogens is 352 g/mol. The van der Waals surface area contributed by atoms with E-state index in [0.717, 1.165) is 31.6 Å². The van der Waals surface area contributed by atoms with Crippen LogP contribution in [-0.4, -0.2) is 37.3 Å². The maximum atomic E-state index is 12.5. The zero-order chi connectivity index (χ0) is 19.3. The van der Waals surface area contributed by atoms with Gasteiger partial charge in [-0.05, 0) is 55.6 Å². The van der Waals surface area contributed by atoms with Gasteiger partial charge in [-0.3, -0.25) is 19.7 Å². The Hall–Kier alpha value is -3.19. The summed E-state index contributed by atoms with van der Waals surface area (Å²) in [6.45, 7) is 3.96. The topological polar surface area (TPSA) is 83.9 Å². The molecule has 4 rings (SSSR count). The maximum absolute atomic E-state index is 12.5. The fraction of sp³-hybridized carbons (Fsp3) is 0.286. The minimum absolute atomic E-state index is 0.205. The smallest absolute Gasteiger partial charge is 0.275 e. The van der Waals surface area contributed by atoms with Gasteiger partial charge in [0.2, 0.25) is 0 Å². The fourth-order valence-corrected chi connectivity index (χ4v) is 3.56. The lowest BCUT2D eigenvalue weighted by atomic mass is 10.1. The summed E-state index contributed by atoms with van der Waals surface area (Å²) in [5, 5.41) is 2.74. The summed E-state index contributed by atoms with van der Waals surface area (Å²) in [4.78, 5) is 31.8. The number of pyridine rings is 2. The molecule has 1 unspecified atom stereocenters. The van der Waals surface area contributed by atoms with Crippen molar-refractivity contribution in [2.75, 3.05) is 11.9 Å². The minimum atomic E-state index is -0.281. The van der Waals surface area contributed by atoms with Crippen LogP contribution in [-0.2, 0) is 6.54 Å². The first-order valence-electron chi connectivity index (χ1n) is 9.38. The highest BCUT2D eigenvalue weighted by Crippen LogP contribution is 2.32. The molecule has 28 heavy (non-hydrogen) atoms. The molecular formula is C21H22N6O. The molecule has 1 aliphatic heterocycles. The van der Waals surface area contributed by atoms with Gasteiger partial charge in [-0.25, -0.2) is 9.97 Å². The zero-order valence-electron chi connectivity index (χ0n) is 15.7. The summed E-state index contributed by atoms with van der Waals surface area (Å²) < 4.78 is 0. The van der Waals surface area contributed by atoms with Crippen LogP contribution in [0.3, 0.4) is 0 Å². The van der Waals surface area contributed by atoms with Crippen LogP contribution < -0.4 is 5.32 Å². The van der Waals surface area contributed by atoms with Crippen molar-refractivity contribution >= 4 is 11.7 Å². The van der Waals surface area contributed by atoms with Crippen LogP contribution in [0.15, 0.2) is 55.2 Å². The molecule has 1 saturated heterocycles. The van der Waals surface area contributed by atoms with Gasteiger partial charge in [-0.15, -0.1) is 0 Å². The Morgan fingerprint density at radius 1 is 1.18 bits per heavy atom. The molecule has 7 nitrogen and oxygen atoms in total. The van der Waals surface area contributed by atoms with Crippen molar-refractivity contribution in [2.45, 2.75) is 32.4 Å². The SMILES string of the molecule is Cc1cnccc1CN1CCCC1c1cccc(C(=O)Nc2cnccn2)n1. The van der Waals surface area contributed by atoms with Crippen molar-refractivity contribution in [3.63, 3.8) is 0 Å². The molecule has 142 valence electrons. The Balaban J connectivity index is 1.51. The van der Waals surface area contributed by atoms with Gasteiger partial charge < -0.3 is 5.32 Å². The van der Waals surface area contributed by atoms with E-state index in [-0.39, 0.29) is 11.9 Å². The summed E-state index contributed by atoms with van der Waals surface area (Å²) in [5.74, 6) is 0.132. The van der Waals surface area contributed by atoms with Crippen LogP contribution in [0.5, 0.6) is 0 Å². The van der Waals surface area contributed by atoms with Crippen molar-refractivity contribution in [2.24, 2.45) is 0 Å². The number of rotatable bonds is 5. The maximum Gasteiger partial charge on any atom is 0.275 e. The van der Waals surface area contributed by atoms with Crippen LogP contribution in [0.1, 0.15) is 46.2 Å². The van der Waals surface area contributed by atoms with E-state index in [9.17, 15) is 4.79 Å². The van der Waals surface area contributed by atoms with E-state index >= 15 is 0 Å². The standard InChI is InChI=1S/C21H22N6O/c1-15-12-22-8-7-16(15)14-27-11-3-6-19(27)17-4-2-5-18(25-17)21(28)26-20-13-23-9-10-24-20/h2,4-5,7-10,12-13,19H,3,6,11,14H2,1H3,(H,24,26,28). The average molecular weight is 374 g/mol. The van der Waals surface area contributed by atoms with Gasteiger partial charge in [0, 0.05) is 31.3 Å². The molecule has 1 aliphatic rings. The lowest BCUT2D eigenvalue weighted by Gasteiger charge is -2.25. The number of carbonyl (C=O) groups excluding carboxylic acids is 1. The number of amides is 1. The highest BCUT2D eigenvalue weighted by molar-refractivity contribution is 6.02. The highest BCUT2D eigenvalue weighted by Gasteiger charge is 2.28. The van der Waals surface area contributed by atoms with E-state index in [1.165, 1.54) is 23.5 Å². The second-order valence-electron chi connectivity index (χ2n) is 6.92. The average Bonchev–Trinajstić information content (AvgIpc) is 3.19. The number of nitrogens with one attached hydrogen (secondary N) is 1. The summed E-state index contributed by atoms with van der Waals surface area (Å²) in [5.41, 5.74) is 3.78. The molecule has 0 aliphatic carbocycles. The number of carbonyl (C=O) groups is 1. The Labute approximate surface area is 163 Å². The minimum Gasteiger partial charge on any atom is -0.304 e. The Morgan fingerprint density at radius 2 is 2.07 bits per heavy atom. The van der Waals surface area contributed by atoms with Crippen LogP contribution in [0.25, 0.3) is 0 Å². The van der Waals surface area contributed by atoms with Crippen LogP contribution in [0.4, 0.5) is 5.82 Å². The van der Waals surface area contributed by atoms with Crippen LogP contribution in [0, 0.1) is 6.92 Å². The number of hydrogen-bond donors (Lipinski definition) is 1. The summed E-state index contributed by atoms with van der Waals surface area (Å²) in [6.07, 6.45) is 10.5. The second-order valence-corrected chi connectivity index (χ2v) is 6.92. The number of aryl methyl sites for hydroxylation is 1. The highest BCUT2D eigenvalue weighted by atomic mass is 16.1. The van der Waals surface area contributed by atoms with Gasteiger partial charge in [0.15, 0.2) is 5.82 Å². The molecule has 3 aromatic rings. The van der Waals surface area contributed by atoms with Crippen molar-refractivity contribution in [3.8, 4) is 0 Å². The molecule has 0 spiro atoms. The normalized spacial score (nSPS) is 16.8. The van der Waals surface area contributed by atoms with Crippen LogP contribution in [0.2, 0.25) is 0 Å². The Morgan fingerprint density at radius 3 is 2.89 bits per heavy atom. The van der Waals surface area contributed by atoms with E-state index in [1.54, 1.807) is 12.3 Å². The third-order valence-electron chi connectivity index (χ3n) is 5.02. The van der Waals surface area contributed by atoms with Gasteiger partial charge in [0.05, 0.1) is 17.9 Å². The van der Waals surface area contributed by atoms with E-state index in [4.69, 9.17) is 0 Å². The van der Waals surface area contributed by atoms with E-state index in [0.29, 0.717) is 11.5 Å². The van der Waals surface area contributed by atoms with Crippen molar-refractivity contribution in [1.82, 2.24) is 24.8 Å². The molecule has 0 radical (unpaired) electrons. The van der Waals surface area contributed by atoms with Crippen molar-refractivity contribution < 1.29 is 4.79 Å². The summed E-state index contributed by atoms with van der Waals surface area (Å²) in [6, 6.07) is 7.89. The zero-order valence-corrected chi connectivity index (χ0v) is 15.7. The first-order valence-corrected chi connectivity index (χ1v) is 9.38. The predicted octanol–water partition coefficient (Wildman–Crippen LogP) is 3.16. The molecule has 3 aromatic heterocycles. The predicted molar refractivity (Wildman–Crippen MR) is 106 cm³/mol. The Bertz CT molecular complexity index is 962. The molecule has 0 saturated carbocycles. The summed E-state index contributed by atoms with van der Waals surface area (Å²) in [7, 11) is 0. The van der Waals surface area contributed by atoms with Gasteiger partial charge >= 0.3 is 0 Å². The first-order chi connectivity index (χ1) is 13.7. The molecule has 1 atom stereocenters. The third kappa shape index (κ3) is 4.04. The molecule has 0 bridgehead atoms. The largest absolute Gasteiger partial charge is 0.304 e. The molecule has 7 heteroatoms. The molecule has 1 amide bonds. The summed E-state index contributed by atoms with van der Waals surface area (Å²) >= 11 is 0. The number of aromatic nitrogens is 4. The molecule has 1 N–H and O–H groups in total. The molecule has 0 aromatic carbocycles. The van der Waals surface area contributed by atoms with Gasteiger partial charge in [-0.2, -0.15) is 0 Å². The molecule has 4 heterocycles. The number of hydrogen-bond acceptors (Lipinski definition) is 6. The first kappa shape index (κ1) is 18.2. The third-order valence-corrected chi connectivity index (χ3v) is 5.02. The van der Waals surface area contributed by atoms with Gasteiger partial charge in [0.1, 0.15) is 5.69 Å². The monoisotopic (exact) mass is 374 g/mol. The van der Waals surface area contributed by atoms with Gasteiger partial charge in [0.25, 0.3) is 5.91 Å². The van der Waals surface area contributed by atoms with E-state index in [1.807, 2.05) is 24.5 Å². The lowest BCUT2D eigenvalue weighted by Crippen LogP contribution is -2.25. The number of nitrogens with zero attached hydrogens (tertiary/aromatic N) is 5. The second kappa shape index (κ2) is 8.22. The fourth-order valence-electron chi connectivity index (χ4n) is 3.56. The van der Waals surface area contributed by atoms with Crippen LogP contribution >= 0.6 is 0 Å². The van der Waals surface area contributed by atoms with Crippen molar-refractivity contribution in [1.29, 1.82) is 0 Å². The molecule has 1 fully saturated rings. The van der Waals surface area contributed by atoms with E-state index in [2.05, 4.69) is 43.1 Å². The Kier molecular flexibility index (Phi) is 5.34. The van der Waals surface area contributed by atoms with E-state index < -0.39 is 0 Å². The van der Waals surface area contributed by atoms with Gasteiger partial charge in [-0.1, -0.05) is 6.07 Å². The number of likely N-dealkylation sites (tertiary alicyclic amines) is 1. The quantitative estimate of drug-likeness (QED) is 0.738. The number of anilines is 1. The van der Waals surface area contributed by atoms with Crippen molar-refractivity contribution in [3.05, 3.63) is 77.8 Å². The lowest BCUT2D eigenvalue weighted by molar-refractivity contribution is 0.102.